The van der Waals surface area contributed by atoms with Crippen LogP contribution in [0.1, 0.15) is 22.6 Å². The van der Waals surface area contributed by atoms with E-state index in [1.165, 1.54) is 7.11 Å². The quantitative estimate of drug-likeness (QED) is 0.336. The zero-order chi connectivity index (χ0) is 25.2. The molecule has 0 aliphatic carbocycles. The van der Waals surface area contributed by atoms with Gasteiger partial charge in [0, 0.05) is 30.5 Å². The Kier molecular flexibility index (Phi) is 6.12. The molecular formula is C25H23N9O2. The number of nitrogens with one attached hydrogen (secondary N) is 1. The first kappa shape index (κ1) is 23.1. The molecule has 5 rings (SSSR count). The van der Waals surface area contributed by atoms with Crippen molar-refractivity contribution in [1.29, 1.82) is 5.26 Å². The molecule has 11 nitrogen and oxygen atoms in total. The van der Waals surface area contributed by atoms with Crippen molar-refractivity contribution < 1.29 is 9.84 Å². The minimum Gasteiger partial charge on any atom is -0.368 e. The van der Waals surface area contributed by atoms with Crippen LogP contribution in [0.15, 0.2) is 54.9 Å². The number of nitriles is 1. The monoisotopic (exact) mass is 481 g/mol. The number of nitrogens with zero attached hydrogens (tertiary/aromatic N) is 8. The number of aliphatic hydroxyl groups excluding tert-OH is 1. The van der Waals surface area contributed by atoms with Gasteiger partial charge in [0.1, 0.15) is 18.2 Å². The number of methoxy groups -OCH3 is 1. The van der Waals surface area contributed by atoms with E-state index >= 15 is 0 Å². The van der Waals surface area contributed by atoms with E-state index in [4.69, 9.17) is 9.72 Å². The number of hydrogen-bond acceptors (Lipinski definition) is 9. The van der Waals surface area contributed by atoms with E-state index in [0.29, 0.717) is 17.5 Å². The third-order valence-corrected chi connectivity index (χ3v) is 5.67. The molecule has 0 amide bonds. The van der Waals surface area contributed by atoms with Gasteiger partial charge in [-0.2, -0.15) is 15.5 Å². The molecule has 0 fully saturated rings. The Bertz CT molecular complexity index is 1580. The molecule has 0 saturated carbocycles. The second-order valence-corrected chi connectivity index (χ2v) is 8.24. The van der Waals surface area contributed by atoms with Gasteiger partial charge in [0.05, 0.1) is 16.7 Å². The van der Waals surface area contributed by atoms with E-state index < -0.39 is 6.29 Å². The number of ether oxygens (including phenoxy) is 1. The number of rotatable bonds is 7. The predicted molar refractivity (Wildman–Crippen MR) is 132 cm³/mol. The van der Waals surface area contributed by atoms with Crippen molar-refractivity contribution in [2.24, 2.45) is 0 Å². The maximum Gasteiger partial charge on any atom is 0.163 e. The Labute approximate surface area is 206 Å². The van der Waals surface area contributed by atoms with Crippen LogP contribution in [0.3, 0.4) is 0 Å². The van der Waals surface area contributed by atoms with Gasteiger partial charge in [-0.05, 0) is 56.3 Å². The lowest BCUT2D eigenvalue weighted by Crippen LogP contribution is -2.16. The topological polar surface area (TPSA) is 140 Å². The molecule has 4 heterocycles. The van der Waals surface area contributed by atoms with Gasteiger partial charge >= 0.3 is 0 Å². The molecule has 4 aromatic heterocycles. The number of aliphatic hydroxyl groups is 1. The third kappa shape index (κ3) is 4.50. The van der Waals surface area contributed by atoms with Gasteiger partial charge in [-0.1, -0.05) is 6.07 Å². The number of aryl methyl sites for hydroxylation is 2. The number of pyridine rings is 1. The molecule has 1 unspecified atom stereocenters. The van der Waals surface area contributed by atoms with Crippen LogP contribution in [0.4, 0.5) is 11.5 Å². The normalized spacial score (nSPS) is 12.0. The molecule has 0 aliphatic rings. The number of imidazole rings is 1. The Hall–Kier alpha value is -4.66. The Morgan fingerprint density at radius 2 is 1.97 bits per heavy atom. The average Bonchev–Trinajstić information content (AvgIpc) is 3.48. The molecule has 0 saturated heterocycles. The summed E-state index contributed by atoms with van der Waals surface area (Å²) in [7, 11) is 1.44. The van der Waals surface area contributed by atoms with Crippen LogP contribution in [0, 0.1) is 25.2 Å². The lowest BCUT2D eigenvalue weighted by molar-refractivity contribution is -0.0721. The highest BCUT2D eigenvalue weighted by atomic mass is 16.6. The Morgan fingerprint density at radius 3 is 2.69 bits per heavy atom. The largest absolute Gasteiger partial charge is 0.368 e. The van der Waals surface area contributed by atoms with Gasteiger partial charge in [-0.15, -0.1) is 5.10 Å². The number of aromatic nitrogens is 7. The molecule has 5 aromatic rings. The summed E-state index contributed by atoms with van der Waals surface area (Å²) in [6.07, 6.45) is 0.912. The Balaban J connectivity index is 1.54. The standard InChI is InChI=1S/C25H23N9O2/c1-15-4-8-22(31-30-15)28-18-6-7-21-20(12-18)27-14-33(21)23-9-5-17(11-24(35)36-3)25(29-23)34-16(2)10-19(13-26)32-34/h4-10,12,14,24,35H,11H2,1-3H3,(H,28,31). The van der Waals surface area contributed by atoms with Crippen molar-refractivity contribution in [3.63, 3.8) is 0 Å². The van der Waals surface area contributed by atoms with E-state index in [2.05, 4.69) is 31.7 Å². The second-order valence-electron chi connectivity index (χ2n) is 8.24. The molecular weight excluding hydrogens is 458 g/mol. The molecule has 11 heteroatoms. The van der Waals surface area contributed by atoms with Crippen LogP contribution in [-0.4, -0.2) is 53.0 Å². The maximum absolute atomic E-state index is 10.1. The molecule has 0 aliphatic heterocycles. The summed E-state index contributed by atoms with van der Waals surface area (Å²) in [6, 6.07) is 17.0. The number of benzene rings is 1. The summed E-state index contributed by atoms with van der Waals surface area (Å²) in [5.74, 6) is 1.76. The third-order valence-electron chi connectivity index (χ3n) is 5.67. The molecule has 36 heavy (non-hydrogen) atoms. The fourth-order valence-electron chi connectivity index (χ4n) is 3.85. The number of anilines is 2. The van der Waals surface area contributed by atoms with Crippen molar-refractivity contribution in [3.05, 3.63) is 77.5 Å². The van der Waals surface area contributed by atoms with Crippen molar-refractivity contribution in [2.45, 2.75) is 26.6 Å². The minimum absolute atomic E-state index is 0.210. The highest BCUT2D eigenvalue weighted by molar-refractivity contribution is 5.82. The fraction of sp³-hybridized carbons (Fsp3) is 0.200. The first-order valence-corrected chi connectivity index (χ1v) is 11.2. The lowest BCUT2D eigenvalue weighted by atomic mass is 10.1. The minimum atomic E-state index is -0.999. The highest BCUT2D eigenvalue weighted by Gasteiger charge is 2.17. The van der Waals surface area contributed by atoms with E-state index in [1.807, 2.05) is 60.9 Å². The van der Waals surface area contributed by atoms with Crippen molar-refractivity contribution in [1.82, 2.24) is 34.5 Å². The molecule has 0 spiro atoms. The van der Waals surface area contributed by atoms with E-state index in [1.54, 1.807) is 17.1 Å². The summed E-state index contributed by atoms with van der Waals surface area (Å²) in [6.45, 7) is 3.73. The summed E-state index contributed by atoms with van der Waals surface area (Å²) in [5, 5.41) is 35.2. The zero-order valence-corrected chi connectivity index (χ0v) is 19.9. The van der Waals surface area contributed by atoms with Gasteiger partial charge in [0.25, 0.3) is 0 Å². The fourth-order valence-corrected chi connectivity index (χ4v) is 3.85. The highest BCUT2D eigenvalue weighted by Crippen LogP contribution is 2.25. The van der Waals surface area contributed by atoms with Gasteiger partial charge in [-0.3, -0.25) is 4.57 Å². The summed E-state index contributed by atoms with van der Waals surface area (Å²) in [5.41, 5.74) is 5.05. The van der Waals surface area contributed by atoms with Crippen LogP contribution < -0.4 is 5.32 Å². The van der Waals surface area contributed by atoms with Crippen molar-refractivity contribution in [3.8, 4) is 17.7 Å². The average molecular weight is 482 g/mol. The van der Waals surface area contributed by atoms with Crippen LogP contribution in [0.25, 0.3) is 22.7 Å². The smallest absolute Gasteiger partial charge is 0.163 e. The predicted octanol–water partition coefficient (Wildman–Crippen LogP) is 3.14. The molecule has 1 atom stereocenters. The number of fused-ring (bicyclic) bond motifs is 1. The van der Waals surface area contributed by atoms with Crippen molar-refractivity contribution in [2.75, 3.05) is 12.4 Å². The SMILES string of the molecule is COC(O)Cc1ccc(-n2cnc3cc(Nc4ccc(C)nn4)ccc32)nc1-n1nc(C#N)cc1C. The number of hydrogen-bond donors (Lipinski definition) is 2. The second kappa shape index (κ2) is 9.53. The molecule has 2 N–H and O–H groups in total. The van der Waals surface area contributed by atoms with Crippen LogP contribution in [0.2, 0.25) is 0 Å². The lowest BCUT2D eigenvalue weighted by Gasteiger charge is -2.15. The first-order chi connectivity index (χ1) is 17.4. The Morgan fingerprint density at radius 1 is 1.11 bits per heavy atom. The first-order valence-electron chi connectivity index (χ1n) is 11.2. The zero-order valence-electron chi connectivity index (χ0n) is 19.9. The van der Waals surface area contributed by atoms with Crippen LogP contribution >= 0.6 is 0 Å². The van der Waals surface area contributed by atoms with Gasteiger partial charge < -0.3 is 15.2 Å². The molecule has 0 radical (unpaired) electrons. The summed E-state index contributed by atoms with van der Waals surface area (Å²) >= 11 is 0. The van der Waals surface area contributed by atoms with E-state index in [-0.39, 0.29) is 12.1 Å². The van der Waals surface area contributed by atoms with Gasteiger partial charge in [0.2, 0.25) is 0 Å². The van der Waals surface area contributed by atoms with Gasteiger partial charge in [0.15, 0.2) is 23.6 Å². The van der Waals surface area contributed by atoms with E-state index in [9.17, 15) is 10.4 Å². The molecule has 0 bridgehead atoms. The maximum atomic E-state index is 10.1. The summed E-state index contributed by atoms with van der Waals surface area (Å²) < 4.78 is 8.51. The van der Waals surface area contributed by atoms with Crippen LogP contribution in [0.5, 0.6) is 0 Å². The molecule has 1 aromatic carbocycles. The summed E-state index contributed by atoms with van der Waals surface area (Å²) in [4.78, 5) is 9.40. The molecule has 180 valence electrons. The van der Waals surface area contributed by atoms with Crippen LogP contribution in [-0.2, 0) is 11.2 Å². The van der Waals surface area contributed by atoms with Crippen molar-refractivity contribution >= 4 is 22.5 Å². The van der Waals surface area contributed by atoms with E-state index in [0.717, 1.165) is 33.7 Å². The van der Waals surface area contributed by atoms with Gasteiger partial charge in [-0.25, -0.2) is 14.6 Å².